The molecule has 0 radical (unpaired) electrons. The van der Waals surface area contributed by atoms with Crippen LogP contribution in [-0.4, -0.2) is 76.2 Å². The number of epoxide rings is 1. The summed E-state index contributed by atoms with van der Waals surface area (Å²) in [6, 6.07) is 7.42. The minimum atomic E-state index is -0.544. The van der Waals surface area contributed by atoms with E-state index in [0.29, 0.717) is 32.7 Å². The van der Waals surface area contributed by atoms with Gasteiger partial charge >= 0.3 is 0 Å². The lowest BCUT2D eigenvalue weighted by molar-refractivity contribution is -0.138. The van der Waals surface area contributed by atoms with Gasteiger partial charge in [0, 0.05) is 6.54 Å². The number of carbonyl (C=O) groups is 4. The summed E-state index contributed by atoms with van der Waals surface area (Å²) >= 11 is 0. The Hall–Kier alpha value is -3.24. The Kier molecular flexibility index (Phi) is 21.6. The topological polar surface area (TPSA) is 135 Å². The Bertz CT molecular complexity index is 911. The first-order valence-corrected chi connectivity index (χ1v) is 14.6. The summed E-state index contributed by atoms with van der Waals surface area (Å²) in [5.74, 6) is 0.742. The van der Waals surface area contributed by atoms with Gasteiger partial charge in [0.2, 0.25) is 18.2 Å². The van der Waals surface area contributed by atoms with Crippen LogP contribution < -0.4 is 20.7 Å². The number of aryl methyl sites for hydroxylation is 1. The van der Waals surface area contributed by atoms with Crippen molar-refractivity contribution in [3.8, 4) is 5.75 Å². The van der Waals surface area contributed by atoms with Crippen LogP contribution in [0.2, 0.25) is 0 Å². The summed E-state index contributed by atoms with van der Waals surface area (Å²) < 4.78 is 14.8. The molecular formula is C31H51N3O7. The first-order chi connectivity index (χ1) is 19.9. The van der Waals surface area contributed by atoms with Gasteiger partial charge in [-0.25, -0.2) is 0 Å². The number of methoxy groups -OCH3 is 1. The predicted molar refractivity (Wildman–Crippen MR) is 161 cm³/mol. The highest BCUT2D eigenvalue weighted by Gasteiger charge is 2.37. The molecule has 2 fully saturated rings. The molecule has 3 aliphatic rings. The zero-order valence-corrected chi connectivity index (χ0v) is 25.9. The van der Waals surface area contributed by atoms with Crippen LogP contribution in [-0.2, 0) is 28.7 Å². The minimum Gasteiger partial charge on any atom is -0.497 e. The van der Waals surface area contributed by atoms with Crippen molar-refractivity contribution in [3.05, 3.63) is 41.5 Å². The van der Waals surface area contributed by atoms with Crippen molar-refractivity contribution >= 4 is 24.0 Å². The summed E-state index contributed by atoms with van der Waals surface area (Å²) in [7, 11) is 1.67. The third-order valence-electron chi connectivity index (χ3n) is 5.89. The summed E-state index contributed by atoms with van der Waals surface area (Å²) in [4.78, 5) is 44.6. The molecular weight excluding hydrogens is 526 g/mol. The highest BCUT2D eigenvalue weighted by molar-refractivity contribution is 5.94. The van der Waals surface area contributed by atoms with Crippen molar-refractivity contribution in [2.24, 2.45) is 5.92 Å². The Morgan fingerprint density at radius 2 is 1.71 bits per heavy atom. The maximum Gasteiger partial charge on any atom is 0.239 e. The third-order valence-corrected chi connectivity index (χ3v) is 5.89. The van der Waals surface area contributed by atoms with Gasteiger partial charge in [0.05, 0.1) is 45.4 Å². The highest BCUT2D eigenvalue weighted by Crippen LogP contribution is 2.24. The lowest BCUT2D eigenvalue weighted by Gasteiger charge is -2.24. The van der Waals surface area contributed by atoms with Gasteiger partial charge in [-0.05, 0) is 51.7 Å². The molecule has 2 aliphatic heterocycles. The van der Waals surface area contributed by atoms with E-state index in [1.54, 1.807) is 7.11 Å². The second-order valence-electron chi connectivity index (χ2n) is 8.95. The summed E-state index contributed by atoms with van der Waals surface area (Å²) in [6.45, 7) is 14.2. The van der Waals surface area contributed by atoms with Crippen LogP contribution in [0.3, 0.4) is 0 Å². The molecule has 1 aromatic carbocycles. The lowest BCUT2D eigenvalue weighted by Crippen LogP contribution is -2.46. The molecule has 3 N–H and O–H groups in total. The minimum absolute atomic E-state index is 0.0766. The van der Waals surface area contributed by atoms with E-state index < -0.39 is 6.04 Å². The van der Waals surface area contributed by atoms with E-state index in [4.69, 9.17) is 14.2 Å². The first-order valence-electron chi connectivity index (χ1n) is 14.6. The maximum atomic E-state index is 12.0. The molecule has 0 bridgehead atoms. The first kappa shape index (κ1) is 37.8. The van der Waals surface area contributed by atoms with Gasteiger partial charge in [-0.1, -0.05) is 57.0 Å². The Morgan fingerprint density at radius 1 is 1.07 bits per heavy atom. The Labute approximate surface area is 246 Å². The van der Waals surface area contributed by atoms with Crippen LogP contribution in [0.25, 0.3) is 0 Å². The van der Waals surface area contributed by atoms with Crippen molar-refractivity contribution in [2.45, 2.75) is 79.4 Å². The largest absolute Gasteiger partial charge is 0.497 e. The molecule has 232 valence electrons. The molecule has 2 saturated heterocycles. The Morgan fingerprint density at radius 3 is 2.15 bits per heavy atom. The number of hydrogen-bond acceptors (Lipinski definition) is 7. The molecule has 1 aromatic rings. The van der Waals surface area contributed by atoms with E-state index in [1.165, 1.54) is 11.1 Å². The quantitative estimate of drug-likeness (QED) is 0.208. The van der Waals surface area contributed by atoms with Gasteiger partial charge in [0.15, 0.2) is 5.78 Å². The summed E-state index contributed by atoms with van der Waals surface area (Å²) in [5.41, 5.74) is 2.47. The van der Waals surface area contributed by atoms with Crippen LogP contribution in [0.5, 0.6) is 5.75 Å². The number of rotatable bonds is 11. The van der Waals surface area contributed by atoms with Crippen molar-refractivity contribution < 1.29 is 33.4 Å². The van der Waals surface area contributed by atoms with Gasteiger partial charge in [-0.3, -0.25) is 19.2 Å². The average Bonchev–Trinajstić information content (AvgIpc) is 3.69. The van der Waals surface area contributed by atoms with Crippen molar-refractivity contribution in [1.29, 1.82) is 0 Å². The lowest BCUT2D eigenvalue weighted by atomic mass is 10.0. The van der Waals surface area contributed by atoms with Crippen LogP contribution in [0, 0.1) is 12.8 Å². The number of Topliss-reactive ketones (excluding diaryl/α,β-unsaturated/α-hetero) is 1. The summed E-state index contributed by atoms with van der Waals surface area (Å²) in [5, 5.41) is 7.68. The number of nitrogens with one attached hydrogen (secondary N) is 3. The normalized spacial score (nSPS) is 16.8. The molecule has 4 rings (SSSR count). The van der Waals surface area contributed by atoms with Gasteiger partial charge in [0.1, 0.15) is 11.9 Å². The van der Waals surface area contributed by atoms with E-state index in [2.05, 4.69) is 29.0 Å². The standard InChI is InChI=1S/C13H18N2O4.C8H10O.C6H11NO2.2C2H6/c16-8-14-6-12(17)15-10(13(18)11-7-19-11)5-9-3-1-2-4-9;1-7-3-5-8(9-2)6-4-7;1-2-7-6(8)5-3-9-4-5;2*1-2/h3,8,10-11H,1-2,4-7H2,(H,14,16)(H,15,17);3-6H,1-2H3;5H,2-4H2,1H3,(H,7,8);2*1-2H3/t10?,11-;;;;/m1..../s1. The smallest absolute Gasteiger partial charge is 0.239 e. The molecule has 0 spiro atoms. The molecule has 3 amide bonds. The fourth-order valence-corrected chi connectivity index (χ4v) is 3.60. The van der Waals surface area contributed by atoms with E-state index in [0.717, 1.165) is 31.6 Å². The fraction of sp³-hybridized carbons (Fsp3) is 0.613. The molecule has 0 aromatic heterocycles. The number of benzene rings is 1. The monoisotopic (exact) mass is 577 g/mol. The van der Waals surface area contributed by atoms with Crippen molar-refractivity contribution in [1.82, 2.24) is 16.0 Å². The van der Waals surface area contributed by atoms with E-state index in [1.807, 2.05) is 58.9 Å². The zero-order chi connectivity index (χ0) is 31.0. The van der Waals surface area contributed by atoms with Crippen LogP contribution in [0.4, 0.5) is 0 Å². The molecule has 1 aliphatic carbocycles. The number of ether oxygens (including phenoxy) is 3. The highest BCUT2D eigenvalue weighted by atomic mass is 16.6. The molecule has 2 atom stereocenters. The average molecular weight is 578 g/mol. The van der Waals surface area contributed by atoms with E-state index in [9.17, 15) is 19.2 Å². The fourth-order valence-electron chi connectivity index (χ4n) is 3.60. The van der Waals surface area contributed by atoms with Crippen molar-refractivity contribution in [2.75, 3.05) is 40.0 Å². The van der Waals surface area contributed by atoms with Crippen LogP contribution in [0.15, 0.2) is 35.9 Å². The molecule has 0 saturated carbocycles. The predicted octanol–water partition coefficient (Wildman–Crippen LogP) is 3.51. The zero-order valence-electron chi connectivity index (χ0n) is 25.9. The Balaban J connectivity index is 0.000000609. The molecule has 10 nitrogen and oxygen atoms in total. The van der Waals surface area contributed by atoms with Crippen molar-refractivity contribution in [3.63, 3.8) is 0 Å². The SMILES string of the molecule is CC.CC.CCNC(=O)C1COC1.COc1ccc(C)cc1.O=CNCC(=O)NC(CC1=CCCC1)C(=O)[C@H]1CO1. The third kappa shape index (κ3) is 16.6. The second kappa shape index (κ2) is 23.5. The number of hydrogen-bond donors (Lipinski definition) is 3. The van der Waals surface area contributed by atoms with Gasteiger partial charge < -0.3 is 30.2 Å². The molecule has 1 unspecified atom stereocenters. The second-order valence-corrected chi connectivity index (χ2v) is 8.95. The van der Waals surface area contributed by atoms with E-state index in [-0.39, 0.29) is 36.2 Å². The summed E-state index contributed by atoms with van der Waals surface area (Å²) in [6.07, 6.45) is 5.90. The maximum absolute atomic E-state index is 12.0. The van der Waals surface area contributed by atoms with Gasteiger partial charge in [0.25, 0.3) is 0 Å². The molecule has 41 heavy (non-hydrogen) atoms. The number of ketones is 1. The van der Waals surface area contributed by atoms with Gasteiger partial charge in [-0.15, -0.1) is 0 Å². The van der Waals surface area contributed by atoms with Crippen LogP contribution in [0.1, 0.15) is 65.9 Å². The van der Waals surface area contributed by atoms with Crippen LogP contribution >= 0.6 is 0 Å². The molecule has 2 heterocycles. The number of allylic oxidation sites excluding steroid dienone is 1. The van der Waals surface area contributed by atoms with E-state index >= 15 is 0 Å². The number of carbonyl (C=O) groups excluding carboxylic acids is 4. The van der Waals surface area contributed by atoms with Gasteiger partial charge in [-0.2, -0.15) is 0 Å². The number of amides is 3. The molecule has 10 heteroatoms.